The number of thiocarbonyl (C=S) groups is 1. The highest BCUT2D eigenvalue weighted by molar-refractivity contribution is 9.10. The summed E-state index contributed by atoms with van der Waals surface area (Å²) in [5.41, 5.74) is 0.811. The number of aromatic nitrogens is 1. The first-order valence-corrected chi connectivity index (χ1v) is 4.35. The van der Waals surface area contributed by atoms with Crippen molar-refractivity contribution in [1.82, 2.24) is 4.98 Å². The van der Waals surface area contributed by atoms with Crippen molar-refractivity contribution in [2.24, 2.45) is 15.2 Å². The van der Waals surface area contributed by atoms with Crippen LogP contribution in [0.15, 0.2) is 32.0 Å². The quantitative estimate of drug-likeness (QED) is 0.755. The summed E-state index contributed by atoms with van der Waals surface area (Å²) < 4.78 is 0.883. The summed E-state index contributed by atoms with van der Waals surface area (Å²) in [6.07, 6.45) is 0. The van der Waals surface area contributed by atoms with E-state index in [1.54, 1.807) is 0 Å². The molecule has 0 amide bonds. The van der Waals surface area contributed by atoms with Crippen molar-refractivity contribution in [3.8, 4) is 0 Å². The van der Waals surface area contributed by atoms with Crippen molar-refractivity contribution in [3.63, 3.8) is 0 Å². The molecule has 1 N–H and O–H groups in total. The van der Waals surface area contributed by atoms with Crippen LogP contribution < -0.4 is 0 Å². The van der Waals surface area contributed by atoms with Crippen LogP contribution in [0.3, 0.4) is 0 Å². The van der Waals surface area contributed by atoms with Gasteiger partial charge in [0.25, 0.3) is 0 Å². The Morgan fingerprint density at radius 2 is 2.17 bits per heavy atom. The van der Waals surface area contributed by atoms with E-state index in [9.17, 15) is 0 Å². The average Bonchev–Trinajstić information content (AvgIpc) is 2.58. The maximum Gasteiger partial charge on any atom is 0.242 e. The number of nitrogens with one attached hydrogen (secondary N) is 1. The molecule has 6 heteroatoms. The molecule has 0 saturated carbocycles. The molecule has 1 aromatic rings. The number of hydrogen-bond acceptors (Lipinski definition) is 2. The Bertz CT molecular complexity index is 392. The molecule has 0 saturated heterocycles. The summed E-state index contributed by atoms with van der Waals surface area (Å²) in [6, 6.07) is 3.73. The van der Waals surface area contributed by atoms with Crippen molar-refractivity contribution in [1.29, 1.82) is 0 Å². The number of aliphatic imine (C=N–C) groups is 1. The van der Waals surface area contributed by atoms with Crippen molar-refractivity contribution in [2.45, 2.75) is 0 Å². The minimum atomic E-state index is 0.274. The highest BCUT2D eigenvalue weighted by Gasteiger charge is 2.10. The summed E-state index contributed by atoms with van der Waals surface area (Å²) in [4.78, 5) is 6.95. The van der Waals surface area contributed by atoms with E-state index in [0.717, 1.165) is 10.3 Å². The van der Waals surface area contributed by atoms with Gasteiger partial charge in [0, 0.05) is 0 Å². The zero-order chi connectivity index (χ0) is 8.55. The Kier molecular flexibility index (Phi) is 1.86. The molecule has 0 atom stereocenters. The standard InChI is InChI=1S/C6H3BrN4S/c7-4-2-1-3(8-4)5-9-6(12)11-10-5/h1-2,8H. The smallest absolute Gasteiger partial charge is 0.242 e. The second-order valence-corrected chi connectivity index (χ2v) is 3.36. The Morgan fingerprint density at radius 3 is 2.67 bits per heavy atom. The molecule has 0 bridgehead atoms. The van der Waals surface area contributed by atoms with Gasteiger partial charge >= 0.3 is 0 Å². The molecule has 2 rings (SSSR count). The molecule has 12 heavy (non-hydrogen) atoms. The average molecular weight is 243 g/mol. The van der Waals surface area contributed by atoms with Gasteiger partial charge in [-0.25, -0.2) is 0 Å². The van der Waals surface area contributed by atoms with E-state index in [1.807, 2.05) is 12.1 Å². The Labute approximate surface area is 81.9 Å². The Morgan fingerprint density at radius 1 is 1.33 bits per heavy atom. The molecule has 0 aromatic carbocycles. The Hall–Kier alpha value is -0.880. The van der Waals surface area contributed by atoms with Gasteiger partial charge in [-0.15, -0.1) is 10.2 Å². The third kappa shape index (κ3) is 1.35. The lowest BCUT2D eigenvalue weighted by atomic mass is 10.4. The van der Waals surface area contributed by atoms with Crippen LogP contribution in [0.25, 0.3) is 0 Å². The topological polar surface area (TPSA) is 52.9 Å². The van der Waals surface area contributed by atoms with Gasteiger partial charge in [-0.05, 0) is 40.3 Å². The SMILES string of the molecule is S=C1N=NC(c2ccc(Br)[nH]2)=N1. The lowest BCUT2D eigenvalue weighted by Crippen LogP contribution is -1.93. The molecular formula is C6H3BrN4S. The predicted octanol–water partition coefficient (Wildman–Crippen LogP) is 2.27. The fraction of sp³-hybridized carbons (Fsp3) is 0. The van der Waals surface area contributed by atoms with Gasteiger partial charge in [-0.1, -0.05) is 0 Å². The second kappa shape index (κ2) is 2.87. The third-order valence-electron chi connectivity index (χ3n) is 1.32. The van der Waals surface area contributed by atoms with Gasteiger partial charge < -0.3 is 4.98 Å². The highest BCUT2D eigenvalue weighted by atomic mass is 79.9. The number of hydrogen-bond donors (Lipinski definition) is 1. The first kappa shape index (κ1) is 7.75. The van der Waals surface area contributed by atoms with Gasteiger partial charge in [-0.2, -0.15) is 4.99 Å². The number of amidine groups is 1. The molecule has 0 radical (unpaired) electrons. The van der Waals surface area contributed by atoms with Gasteiger partial charge in [0.1, 0.15) is 0 Å². The van der Waals surface area contributed by atoms with Gasteiger partial charge in [0.15, 0.2) is 0 Å². The molecule has 0 fully saturated rings. The molecule has 1 aliphatic heterocycles. The number of halogens is 1. The molecule has 0 unspecified atom stereocenters. The third-order valence-corrected chi connectivity index (χ3v) is 1.96. The van der Waals surface area contributed by atoms with Crippen molar-refractivity contribution < 1.29 is 0 Å². The van der Waals surface area contributed by atoms with Crippen LogP contribution in [-0.4, -0.2) is 15.9 Å². The highest BCUT2D eigenvalue weighted by Crippen LogP contribution is 2.12. The largest absolute Gasteiger partial charge is 0.347 e. The normalized spacial score (nSPS) is 15.4. The van der Waals surface area contributed by atoms with E-state index < -0.39 is 0 Å². The zero-order valence-corrected chi connectivity index (χ0v) is 8.19. The van der Waals surface area contributed by atoms with Crippen molar-refractivity contribution in [2.75, 3.05) is 0 Å². The summed E-state index contributed by atoms with van der Waals surface area (Å²) in [7, 11) is 0. The molecule has 1 aromatic heterocycles. The number of nitrogens with zero attached hydrogens (tertiary/aromatic N) is 3. The van der Waals surface area contributed by atoms with Crippen LogP contribution in [0.5, 0.6) is 0 Å². The fourth-order valence-corrected chi connectivity index (χ4v) is 1.31. The lowest BCUT2D eigenvalue weighted by Gasteiger charge is -1.87. The lowest BCUT2D eigenvalue weighted by molar-refractivity contribution is 1.29. The monoisotopic (exact) mass is 242 g/mol. The van der Waals surface area contributed by atoms with E-state index in [1.165, 1.54) is 0 Å². The zero-order valence-electron chi connectivity index (χ0n) is 5.78. The maximum absolute atomic E-state index is 4.73. The minimum Gasteiger partial charge on any atom is -0.347 e. The Balaban J connectivity index is 2.39. The summed E-state index contributed by atoms with van der Waals surface area (Å²) in [5.74, 6) is 0.533. The molecule has 0 aliphatic carbocycles. The van der Waals surface area contributed by atoms with Crippen LogP contribution >= 0.6 is 28.1 Å². The maximum atomic E-state index is 4.73. The molecule has 0 spiro atoms. The van der Waals surface area contributed by atoms with E-state index in [4.69, 9.17) is 12.2 Å². The first-order valence-electron chi connectivity index (χ1n) is 3.15. The van der Waals surface area contributed by atoms with E-state index in [2.05, 4.69) is 36.1 Å². The van der Waals surface area contributed by atoms with Crippen LogP contribution in [0, 0.1) is 0 Å². The van der Waals surface area contributed by atoms with Crippen molar-refractivity contribution in [3.05, 3.63) is 22.4 Å². The van der Waals surface area contributed by atoms with Gasteiger partial charge in [-0.3, -0.25) is 0 Å². The summed E-state index contributed by atoms with van der Waals surface area (Å²) >= 11 is 8.01. The molecule has 60 valence electrons. The molecule has 1 aliphatic rings. The van der Waals surface area contributed by atoms with Gasteiger partial charge in [0.05, 0.1) is 10.3 Å². The molecule has 2 heterocycles. The number of rotatable bonds is 1. The van der Waals surface area contributed by atoms with E-state index in [-0.39, 0.29) is 5.11 Å². The number of azo groups is 1. The number of aromatic amines is 1. The van der Waals surface area contributed by atoms with Crippen LogP contribution in [0.1, 0.15) is 5.69 Å². The fourth-order valence-electron chi connectivity index (χ4n) is 0.838. The van der Waals surface area contributed by atoms with Gasteiger partial charge in [0.2, 0.25) is 10.9 Å². The van der Waals surface area contributed by atoms with Crippen LogP contribution in [0.4, 0.5) is 0 Å². The van der Waals surface area contributed by atoms with Crippen molar-refractivity contribution >= 4 is 39.1 Å². The minimum absolute atomic E-state index is 0.274. The van der Waals surface area contributed by atoms with E-state index in [0.29, 0.717) is 5.84 Å². The molecule has 4 nitrogen and oxygen atoms in total. The number of H-pyrrole nitrogens is 1. The predicted molar refractivity (Wildman–Crippen MR) is 52.5 cm³/mol. The van der Waals surface area contributed by atoms with Crippen LogP contribution in [0.2, 0.25) is 0 Å². The summed E-state index contributed by atoms with van der Waals surface area (Å²) in [5, 5.41) is 7.68. The second-order valence-electron chi connectivity index (χ2n) is 2.14. The first-order chi connectivity index (χ1) is 5.75. The van der Waals surface area contributed by atoms with E-state index >= 15 is 0 Å². The van der Waals surface area contributed by atoms with Crippen LogP contribution in [-0.2, 0) is 0 Å². The summed E-state index contributed by atoms with van der Waals surface area (Å²) in [6.45, 7) is 0. The molecular weight excluding hydrogens is 240 g/mol.